The number of hydrogen-bond acceptors (Lipinski definition) is 7. The lowest BCUT2D eigenvalue weighted by atomic mass is 10.2. The Hall–Kier alpha value is -4.25. The number of nitrogens with one attached hydrogen (secondary N) is 1. The number of nitrogens with zero attached hydrogens (tertiary/aromatic N) is 7. The van der Waals surface area contributed by atoms with Gasteiger partial charge in [-0.3, -0.25) is 4.79 Å². The Kier molecular flexibility index (Phi) is 4.77. The van der Waals surface area contributed by atoms with Gasteiger partial charge in [-0.25, -0.2) is 18.7 Å². The number of aromatic nitrogens is 7. The number of amides is 1. The molecule has 0 radical (unpaired) electrons. The van der Waals surface area contributed by atoms with E-state index in [9.17, 15) is 9.18 Å². The lowest BCUT2D eigenvalue weighted by Gasteiger charge is -2.05. The number of benzene rings is 2. The highest BCUT2D eigenvalue weighted by Gasteiger charge is 2.20. The van der Waals surface area contributed by atoms with Crippen molar-refractivity contribution in [2.24, 2.45) is 0 Å². The second kappa shape index (κ2) is 7.88. The molecule has 9 nitrogen and oxygen atoms in total. The van der Waals surface area contributed by atoms with E-state index in [4.69, 9.17) is 0 Å². The average molecular weight is 432 g/mol. The molecule has 0 aliphatic carbocycles. The zero-order valence-electron chi connectivity index (χ0n) is 15.8. The van der Waals surface area contributed by atoms with E-state index in [-0.39, 0.29) is 5.82 Å². The molecule has 0 saturated carbocycles. The van der Waals surface area contributed by atoms with Crippen molar-refractivity contribution >= 4 is 22.9 Å². The van der Waals surface area contributed by atoms with E-state index < -0.39 is 11.7 Å². The number of anilines is 1. The van der Waals surface area contributed by atoms with Crippen molar-refractivity contribution in [2.45, 2.75) is 0 Å². The maximum atomic E-state index is 13.8. The minimum absolute atomic E-state index is 0.0412. The smallest absolute Gasteiger partial charge is 0.295 e. The maximum absolute atomic E-state index is 13.8. The van der Waals surface area contributed by atoms with Crippen LogP contribution in [0, 0.1) is 5.82 Å². The fourth-order valence-electron chi connectivity index (χ4n) is 2.95. The Morgan fingerprint density at radius 3 is 2.68 bits per heavy atom. The fourth-order valence-corrected chi connectivity index (χ4v) is 3.65. The minimum Gasteiger partial charge on any atom is -0.319 e. The second-order valence-corrected chi connectivity index (χ2v) is 7.33. The maximum Gasteiger partial charge on any atom is 0.295 e. The Labute approximate surface area is 178 Å². The number of halogens is 1. The number of hydrogen-bond donors (Lipinski definition) is 1. The van der Waals surface area contributed by atoms with Gasteiger partial charge in [-0.2, -0.15) is 0 Å². The predicted molar refractivity (Wildman–Crippen MR) is 112 cm³/mol. The summed E-state index contributed by atoms with van der Waals surface area (Å²) >= 11 is 1.45. The number of carbonyl (C=O) groups is 1. The van der Waals surface area contributed by atoms with E-state index in [0.29, 0.717) is 22.9 Å². The average Bonchev–Trinajstić information content (AvgIpc) is 3.55. The summed E-state index contributed by atoms with van der Waals surface area (Å²) in [4.78, 5) is 18.1. The number of carbonyl (C=O) groups excluding carboxylic acids is 1. The lowest BCUT2D eigenvalue weighted by molar-refractivity contribution is 0.101. The summed E-state index contributed by atoms with van der Waals surface area (Å²) in [5.74, 6) is -0.494. The van der Waals surface area contributed by atoms with Gasteiger partial charge in [0, 0.05) is 5.69 Å². The molecule has 0 fully saturated rings. The Balaban J connectivity index is 1.49. The standard InChI is InChI=1S/C20H13FN8OS/c21-13-4-1-7-16(10-13)29-19(17-8-3-9-31-17)24-18(25-29)20(30)23-14-5-2-6-15(11-14)28-12-22-26-27-28/h1-12H,(H,23,30). The number of rotatable bonds is 5. The summed E-state index contributed by atoms with van der Waals surface area (Å²) in [6.45, 7) is 0. The molecule has 0 atom stereocenters. The van der Waals surface area contributed by atoms with Gasteiger partial charge < -0.3 is 5.32 Å². The molecule has 1 amide bonds. The van der Waals surface area contributed by atoms with Crippen LogP contribution in [-0.2, 0) is 0 Å². The first-order valence-electron chi connectivity index (χ1n) is 9.09. The van der Waals surface area contributed by atoms with E-state index in [0.717, 1.165) is 4.88 Å². The van der Waals surface area contributed by atoms with Crippen LogP contribution in [0.3, 0.4) is 0 Å². The van der Waals surface area contributed by atoms with Crippen LogP contribution in [0.4, 0.5) is 10.1 Å². The van der Waals surface area contributed by atoms with E-state index >= 15 is 0 Å². The number of thiophene rings is 1. The van der Waals surface area contributed by atoms with Crippen molar-refractivity contribution in [3.63, 3.8) is 0 Å². The summed E-state index contributed by atoms with van der Waals surface area (Å²) in [6, 6.07) is 16.7. The van der Waals surface area contributed by atoms with Crippen molar-refractivity contribution in [2.75, 3.05) is 5.32 Å². The normalized spacial score (nSPS) is 10.9. The van der Waals surface area contributed by atoms with Crippen molar-refractivity contribution in [3.05, 3.63) is 84.0 Å². The monoisotopic (exact) mass is 432 g/mol. The zero-order valence-corrected chi connectivity index (χ0v) is 16.6. The van der Waals surface area contributed by atoms with Crippen LogP contribution in [0.1, 0.15) is 10.6 Å². The zero-order chi connectivity index (χ0) is 21.2. The molecule has 0 unspecified atom stereocenters. The molecular weight excluding hydrogens is 419 g/mol. The summed E-state index contributed by atoms with van der Waals surface area (Å²) in [7, 11) is 0. The highest BCUT2D eigenvalue weighted by molar-refractivity contribution is 7.13. The summed E-state index contributed by atoms with van der Waals surface area (Å²) in [5.41, 5.74) is 1.67. The summed E-state index contributed by atoms with van der Waals surface area (Å²) < 4.78 is 16.7. The largest absolute Gasteiger partial charge is 0.319 e. The number of tetrazole rings is 1. The molecule has 0 bridgehead atoms. The van der Waals surface area contributed by atoms with Gasteiger partial charge in [0.15, 0.2) is 5.82 Å². The first-order chi connectivity index (χ1) is 15.2. The van der Waals surface area contributed by atoms with Crippen LogP contribution in [0.25, 0.3) is 22.1 Å². The molecule has 5 rings (SSSR count). The van der Waals surface area contributed by atoms with E-state index in [2.05, 4.69) is 30.9 Å². The molecule has 152 valence electrons. The molecule has 2 aromatic carbocycles. The molecule has 0 spiro atoms. The molecular formula is C20H13FN8OS. The van der Waals surface area contributed by atoms with E-state index in [1.54, 1.807) is 36.4 Å². The minimum atomic E-state index is -0.498. The molecule has 11 heteroatoms. The van der Waals surface area contributed by atoms with Crippen molar-refractivity contribution in [1.29, 1.82) is 0 Å². The van der Waals surface area contributed by atoms with Gasteiger partial charge in [-0.1, -0.05) is 18.2 Å². The third kappa shape index (κ3) is 3.81. The Bertz CT molecular complexity index is 1350. The van der Waals surface area contributed by atoms with Crippen molar-refractivity contribution < 1.29 is 9.18 Å². The molecule has 1 N–H and O–H groups in total. The van der Waals surface area contributed by atoms with E-state index in [1.165, 1.54) is 39.2 Å². The SMILES string of the molecule is O=C(Nc1cccc(-n2cnnn2)c1)c1nc(-c2cccs2)n(-c2cccc(F)c2)n1. The highest BCUT2D eigenvalue weighted by Crippen LogP contribution is 2.26. The first kappa shape index (κ1) is 18.8. The summed E-state index contributed by atoms with van der Waals surface area (Å²) in [5, 5.41) is 20.1. The predicted octanol–water partition coefficient (Wildman–Crippen LogP) is 3.36. The molecule has 3 aromatic heterocycles. The molecule has 3 heterocycles. The van der Waals surface area contributed by atoms with Gasteiger partial charge >= 0.3 is 0 Å². The van der Waals surface area contributed by atoms with Gasteiger partial charge in [0.05, 0.1) is 16.3 Å². The Morgan fingerprint density at radius 1 is 1.03 bits per heavy atom. The molecule has 0 aliphatic heterocycles. The fraction of sp³-hybridized carbons (Fsp3) is 0. The van der Waals surface area contributed by atoms with Crippen LogP contribution in [-0.4, -0.2) is 40.9 Å². The van der Waals surface area contributed by atoms with Gasteiger partial charge in [0.25, 0.3) is 5.91 Å². The van der Waals surface area contributed by atoms with Crippen LogP contribution < -0.4 is 5.32 Å². The van der Waals surface area contributed by atoms with E-state index in [1.807, 2.05) is 17.5 Å². The molecule has 0 aliphatic rings. The second-order valence-electron chi connectivity index (χ2n) is 6.39. The van der Waals surface area contributed by atoms with Gasteiger partial charge in [-0.15, -0.1) is 21.5 Å². The van der Waals surface area contributed by atoms with Crippen LogP contribution in [0.2, 0.25) is 0 Å². The van der Waals surface area contributed by atoms with Crippen LogP contribution >= 0.6 is 11.3 Å². The molecule has 5 aromatic rings. The first-order valence-corrected chi connectivity index (χ1v) is 9.97. The van der Waals surface area contributed by atoms with Crippen molar-refractivity contribution in [3.8, 4) is 22.1 Å². The topological polar surface area (TPSA) is 103 Å². The third-order valence-electron chi connectivity index (χ3n) is 4.32. The van der Waals surface area contributed by atoms with Crippen LogP contribution in [0.15, 0.2) is 72.4 Å². The Morgan fingerprint density at radius 2 is 1.90 bits per heavy atom. The van der Waals surface area contributed by atoms with Gasteiger partial charge in [0.1, 0.15) is 12.1 Å². The summed E-state index contributed by atoms with van der Waals surface area (Å²) in [6.07, 6.45) is 1.45. The van der Waals surface area contributed by atoms with Crippen LogP contribution in [0.5, 0.6) is 0 Å². The van der Waals surface area contributed by atoms with Gasteiger partial charge in [-0.05, 0) is 58.3 Å². The molecule has 0 saturated heterocycles. The lowest BCUT2D eigenvalue weighted by Crippen LogP contribution is -2.14. The van der Waals surface area contributed by atoms with Crippen molar-refractivity contribution in [1.82, 2.24) is 35.0 Å². The quantitative estimate of drug-likeness (QED) is 0.457. The third-order valence-corrected chi connectivity index (χ3v) is 5.19. The molecule has 31 heavy (non-hydrogen) atoms. The van der Waals surface area contributed by atoms with Gasteiger partial charge in [0.2, 0.25) is 5.82 Å². The highest BCUT2D eigenvalue weighted by atomic mass is 32.1.